The summed E-state index contributed by atoms with van der Waals surface area (Å²) in [5, 5.41) is 0.142. The van der Waals surface area contributed by atoms with Crippen LogP contribution in [0.4, 0.5) is 0 Å². The van der Waals surface area contributed by atoms with Gasteiger partial charge in [0.2, 0.25) is 6.29 Å². The minimum atomic E-state index is -2.20. The average molecular weight is 577 g/mol. The molecule has 0 aromatic rings. The van der Waals surface area contributed by atoms with E-state index in [1.807, 2.05) is 0 Å². The highest BCUT2D eigenvalue weighted by atomic mass is 28.4. The van der Waals surface area contributed by atoms with E-state index in [0.29, 0.717) is 6.61 Å². The van der Waals surface area contributed by atoms with Crippen molar-refractivity contribution in [1.29, 1.82) is 0 Å². The van der Waals surface area contributed by atoms with Crippen molar-refractivity contribution in [3.05, 3.63) is 0 Å². The molecule has 37 heavy (non-hydrogen) atoms. The van der Waals surface area contributed by atoms with E-state index in [0.717, 1.165) is 6.42 Å². The van der Waals surface area contributed by atoms with Crippen molar-refractivity contribution in [3.8, 4) is 0 Å². The first kappa shape index (κ1) is 35.0. The van der Waals surface area contributed by atoms with Gasteiger partial charge < -0.3 is 22.8 Å². The summed E-state index contributed by atoms with van der Waals surface area (Å²) in [5.41, 5.74) is 0. The van der Waals surface area contributed by atoms with Crippen LogP contribution in [0.25, 0.3) is 0 Å². The van der Waals surface area contributed by atoms with Crippen molar-refractivity contribution in [2.24, 2.45) is 5.92 Å². The van der Waals surface area contributed by atoms with Crippen LogP contribution in [0.1, 0.15) is 82.6 Å². The summed E-state index contributed by atoms with van der Waals surface area (Å²) in [6.45, 7) is 38.0. The lowest BCUT2D eigenvalue weighted by Crippen LogP contribution is -2.57. The standard InChI is InChI=1S/C28H60O6Si3/c1-20-18-22(32-25(20)31-21(2)29)24(34-37(16,17)28(9,10)11)23(33-36(14,15)27(6,7)8)19-30-35(12,13)26(3,4)5/h20,22-25H,18-19H2,1-17H3/t20-,22-,23-,24+,25?/m1/s1. The van der Waals surface area contributed by atoms with Crippen LogP contribution in [-0.2, 0) is 27.5 Å². The van der Waals surface area contributed by atoms with Gasteiger partial charge in [-0.1, -0.05) is 69.2 Å². The first-order valence-corrected chi connectivity index (χ1v) is 22.8. The van der Waals surface area contributed by atoms with Crippen molar-refractivity contribution >= 4 is 30.9 Å². The fraction of sp³-hybridized carbons (Fsp3) is 0.964. The van der Waals surface area contributed by atoms with Crippen LogP contribution >= 0.6 is 0 Å². The maximum absolute atomic E-state index is 11.8. The van der Waals surface area contributed by atoms with E-state index >= 15 is 0 Å². The van der Waals surface area contributed by atoms with Crippen LogP contribution in [-0.4, -0.2) is 62.1 Å². The Morgan fingerprint density at radius 3 is 1.65 bits per heavy atom. The van der Waals surface area contributed by atoms with Gasteiger partial charge in [-0.15, -0.1) is 0 Å². The Morgan fingerprint density at radius 1 is 0.811 bits per heavy atom. The van der Waals surface area contributed by atoms with Crippen LogP contribution in [0.2, 0.25) is 54.4 Å². The lowest BCUT2D eigenvalue weighted by Gasteiger charge is -2.47. The van der Waals surface area contributed by atoms with Gasteiger partial charge in [0, 0.05) is 12.8 Å². The van der Waals surface area contributed by atoms with Gasteiger partial charge in [-0.25, -0.2) is 0 Å². The third-order valence-electron chi connectivity index (χ3n) is 9.30. The Bertz CT molecular complexity index is 761. The first-order chi connectivity index (χ1) is 16.2. The van der Waals surface area contributed by atoms with Gasteiger partial charge in [0.15, 0.2) is 25.0 Å². The summed E-state index contributed by atoms with van der Waals surface area (Å²) in [4.78, 5) is 11.8. The molecule has 1 saturated heterocycles. The van der Waals surface area contributed by atoms with Crippen LogP contribution in [0.15, 0.2) is 0 Å². The third-order valence-corrected chi connectivity index (χ3v) is 22.8. The molecule has 0 aliphatic carbocycles. The number of carbonyl (C=O) groups excluding carboxylic acids is 1. The summed E-state index contributed by atoms with van der Waals surface area (Å²) in [7, 11) is -6.42. The van der Waals surface area contributed by atoms with Gasteiger partial charge >= 0.3 is 5.97 Å². The zero-order chi connectivity index (χ0) is 29.4. The van der Waals surface area contributed by atoms with Crippen LogP contribution in [0.3, 0.4) is 0 Å². The second kappa shape index (κ2) is 11.8. The number of ether oxygens (including phenoxy) is 2. The smallest absolute Gasteiger partial charge is 0.304 e. The minimum absolute atomic E-state index is 0.0204. The molecule has 0 amide bonds. The summed E-state index contributed by atoms with van der Waals surface area (Å²) in [6.07, 6.45) is -0.663. The molecule has 1 aliphatic rings. The molecule has 0 radical (unpaired) electrons. The molecule has 0 aromatic carbocycles. The predicted octanol–water partition coefficient (Wildman–Crippen LogP) is 8.10. The van der Waals surface area contributed by atoms with Gasteiger partial charge in [-0.3, -0.25) is 4.79 Å². The van der Waals surface area contributed by atoms with Gasteiger partial charge in [-0.05, 0) is 60.8 Å². The maximum atomic E-state index is 11.8. The number of hydrogen-bond acceptors (Lipinski definition) is 6. The molecular formula is C28H60O6Si3. The largest absolute Gasteiger partial charge is 0.436 e. The highest BCUT2D eigenvalue weighted by Gasteiger charge is 2.50. The molecule has 1 heterocycles. The van der Waals surface area contributed by atoms with Crippen LogP contribution in [0, 0.1) is 5.92 Å². The van der Waals surface area contributed by atoms with Crippen molar-refractivity contribution < 1.29 is 27.5 Å². The number of esters is 1. The van der Waals surface area contributed by atoms with Crippen molar-refractivity contribution in [3.63, 3.8) is 0 Å². The molecular weight excluding hydrogens is 517 g/mol. The van der Waals surface area contributed by atoms with E-state index < -0.39 is 31.2 Å². The number of hydrogen-bond donors (Lipinski definition) is 0. The lowest BCUT2D eigenvalue weighted by molar-refractivity contribution is -0.188. The van der Waals surface area contributed by atoms with Gasteiger partial charge in [-0.2, -0.15) is 0 Å². The molecule has 9 heteroatoms. The molecule has 0 bridgehead atoms. The highest BCUT2D eigenvalue weighted by molar-refractivity contribution is 6.75. The zero-order valence-electron chi connectivity index (χ0n) is 27.3. The Kier molecular flexibility index (Phi) is 11.2. The van der Waals surface area contributed by atoms with Crippen LogP contribution < -0.4 is 0 Å². The molecule has 6 nitrogen and oxygen atoms in total. The normalized spacial score (nSPS) is 24.2. The van der Waals surface area contributed by atoms with E-state index in [2.05, 4.69) is 109 Å². The second-order valence-electron chi connectivity index (χ2n) is 15.7. The van der Waals surface area contributed by atoms with E-state index in [-0.39, 0.29) is 45.3 Å². The summed E-state index contributed by atoms with van der Waals surface area (Å²) in [6, 6.07) is 0. The minimum Gasteiger partial charge on any atom is -0.436 e. The summed E-state index contributed by atoms with van der Waals surface area (Å²) >= 11 is 0. The van der Waals surface area contributed by atoms with Crippen molar-refractivity contribution in [2.45, 2.75) is 162 Å². The Labute approximate surface area is 232 Å². The van der Waals surface area contributed by atoms with E-state index in [9.17, 15) is 4.79 Å². The van der Waals surface area contributed by atoms with Crippen LogP contribution in [0.5, 0.6) is 0 Å². The molecule has 5 atom stereocenters. The Hall–Kier alpha value is -0.0394. The molecule has 0 spiro atoms. The SMILES string of the molecule is CC(=O)OC1O[C@@H]([C@H](O[Si](C)(C)C(C)(C)C)[C@@H](CO[Si](C)(C)C(C)(C)C)O[Si](C)(C)C(C)(C)C)C[C@H]1C. The fourth-order valence-electron chi connectivity index (χ4n) is 3.52. The molecule has 1 unspecified atom stereocenters. The molecule has 1 fully saturated rings. The Balaban J connectivity index is 3.54. The molecule has 220 valence electrons. The predicted molar refractivity (Wildman–Crippen MR) is 161 cm³/mol. The Morgan fingerprint density at radius 2 is 1.24 bits per heavy atom. The van der Waals surface area contributed by atoms with Gasteiger partial charge in [0.1, 0.15) is 0 Å². The second-order valence-corrected chi connectivity index (χ2v) is 30.0. The quantitative estimate of drug-likeness (QED) is 0.193. The molecule has 0 saturated carbocycles. The molecule has 1 aliphatic heterocycles. The van der Waals surface area contributed by atoms with Gasteiger partial charge in [0.25, 0.3) is 0 Å². The van der Waals surface area contributed by atoms with E-state index in [4.69, 9.17) is 22.8 Å². The fourth-order valence-corrected chi connectivity index (χ4v) is 7.19. The average Bonchev–Trinajstić information content (AvgIpc) is 3.00. The van der Waals surface area contributed by atoms with Gasteiger partial charge in [0.05, 0.1) is 24.9 Å². The molecule has 1 rings (SSSR count). The first-order valence-electron chi connectivity index (χ1n) is 14.0. The summed E-state index contributed by atoms with van der Waals surface area (Å²) < 4.78 is 33.1. The number of rotatable bonds is 10. The monoisotopic (exact) mass is 576 g/mol. The van der Waals surface area contributed by atoms with Crippen molar-refractivity contribution in [2.75, 3.05) is 6.61 Å². The van der Waals surface area contributed by atoms with E-state index in [1.54, 1.807) is 0 Å². The third kappa shape index (κ3) is 9.25. The van der Waals surface area contributed by atoms with E-state index in [1.165, 1.54) is 6.92 Å². The summed E-state index contributed by atoms with van der Waals surface area (Å²) in [5.74, 6) is -0.246. The molecule has 0 N–H and O–H groups in total. The number of carbonyl (C=O) groups is 1. The lowest BCUT2D eigenvalue weighted by atomic mass is 10.0. The zero-order valence-corrected chi connectivity index (χ0v) is 30.3. The molecule has 0 aromatic heterocycles. The topological polar surface area (TPSA) is 63.2 Å². The van der Waals surface area contributed by atoms with Crippen molar-refractivity contribution in [1.82, 2.24) is 0 Å². The maximum Gasteiger partial charge on any atom is 0.304 e. The highest BCUT2D eigenvalue weighted by Crippen LogP contribution is 2.44.